The molecule has 0 saturated heterocycles. The van der Waals surface area contributed by atoms with Crippen molar-refractivity contribution in [2.45, 2.75) is 37.0 Å². The molecule has 18 aromatic carbocycles. The first-order chi connectivity index (χ1) is 60.6. The van der Waals surface area contributed by atoms with Gasteiger partial charge in [0.2, 0.25) is 0 Å². The van der Waals surface area contributed by atoms with Crippen LogP contribution in [-0.2, 0) is 54.0 Å². The number of rotatable bonds is 30. The Morgan fingerprint density at radius 3 is 0.309 bits per heavy atom. The molecule has 0 aromatic heterocycles. The van der Waals surface area contributed by atoms with Crippen LogP contribution in [0.1, 0.15) is 33.4 Å². The molecule has 0 heterocycles. The Kier molecular flexibility index (Phi) is 30.9. The Morgan fingerprint density at radius 2 is 0.203 bits per heavy atom. The molecule has 0 spiro atoms. The topological polar surface area (TPSA) is 0 Å². The second-order valence-corrected chi connectivity index (χ2v) is 49.3. The molecule has 123 heavy (non-hydrogen) atoms. The predicted octanol–water partition coefficient (Wildman–Crippen LogP) is 19.7. The van der Waals surface area contributed by atoms with E-state index in [1.165, 1.54) is 128 Å². The van der Waals surface area contributed by atoms with Gasteiger partial charge >= 0.3 is 17.1 Å². The molecule has 0 saturated carbocycles. The Balaban J connectivity index is 0.000000181. The molecule has 0 fully saturated rings. The maximum Gasteiger partial charge on any atom is 2.00 e. The van der Waals surface area contributed by atoms with Crippen molar-refractivity contribution in [3.05, 3.63) is 543 Å². The molecule has 18 rings (SSSR count). The zero-order chi connectivity index (χ0) is 82.1. The normalized spacial score (nSPS) is 11.3. The Morgan fingerprint density at radius 1 is 0.114 bits per heavy atom. The van der Waals surface area contributed by atoms with Crippen LogP contribution in [0.4, 0.5) is 0 Å². The van der Waals surface area contributed by atoms with Gasteiger partial charge in [-0.05, 0) is 148 Å². The summed E-state index contributed by atoms with van der Waals surface area (Å²) in [5.74, 6) is 0. The van der Waals surface area contributed by atoms with Crippen molar-refractivity contribution in [3.8, 4) is 0 Å². The molecule has 0 atom stereocenters. The number of hydrogen-bond acceptors (Lipinski definition) is 0. The fourth-order valence-electron chi connectivity index (χ4n) is 17.1. The first kappa shape index (κ1) is 86.0. The van der Waals surface area contributed by atoms with Gasteiger partial charge in [-0.15, -0.1) is 0 Å². The molecule has 1 radical (unpaired) electrons. The molecule has 0 unspecified atom stereocenters. The van der Waals surface area contributed by atoms with Crippen LogP contribution in [0.25, 0.3) is 0 Å². The van der Waals surface area contributed by atoms with Crippen molar-refractivity contribution < 1.29 is 17.1 Å². The van der Waals surface area contributed by atoms with E-state index in [4.69, 9.17) is 0 Å². The number of hydrogen-bond donors (Lipinski definition) is 0. The Labute approximate surface area is 750 Å². The third kappa shape index (κ3) is 21.8. The summed E-state index contributed by atoms with van der Waals surface area (Å²) in [5.41, 5.74) is 8.86. The van der Waals surface area contributed by atoms with Gasteiger partial charge in [0.1, 0.15) is 0 Å². The van der Waals surface area contributed by atoms with Crippen molar-refractivity contribution in [1.29, 1.82) is 0 Å². The zero-order valence-electron chi connectivity index (χ0n) is 68.9. The van der Waals surface area contributed by atoms with Crippen LogP contribution in [0.2, 0.25) is 0 Å². The van der Waals surface area contributed by atoms with Gasteiger partial charge in [0.15, 0.2) is 0 Å². The zero-order valence-corrected chi connectivity index (χ0v) is 77.5. The van der Waals surface area contributed by atoms with Crippen molar-refractivity contribution in [3.63, 3.8) is 0 Å². The molecular formula is C114H98CuP6Si2. The first-order valence-electron chi connectivity index (χ1n) is 42.3. The van der Waals surface area contributed by atoms with E-state index in [2.05, 4.69) is 510 Å². The van der Waals surface area contributed by atoms with Gasteiger partial charge in [0, 0.05) is 0 Å². The summed E-state index contributed by atoms with van der Waals surface area (Å²) in [6, 6.07) is 192. The van der Waals surface area contributed by atoms with Gasteiger partial charge in [-0.25, -0.2) is 0 Å². The van der Waals surface area contributed by atoms with Gasteiger partial charge in [0.05, 0.1) is 0 Å². The van der Waals surface area contributed by atoms with Crippen molar-refractivity contribution in [1.82, 2.24) is 0 Å². The third-order valence-electron chi connectivity index (χ3n) is 23.0. The molecule has 18 aromatic rings. The Bertz CT molecular complexity index is 5010. The molecule has 603 valence electrons. The van der Waals surface area contributed by atoms with Gasteiger partial charge in [-0.3, -0.25) is 0 Å². The summed E-state index contributed by atoms with van der Waals surface area (Å²) in [5, 5.41) is 26.3. The summed E-state index contributed by atoms with van der Waals surface area (Å²) in [4.78, 5) is 0. The summed E-state index contributed by atoms with van der Waals surface area (Å²) in [7, 11) is -8.12. The molecular weight excluding hydrogens is 1670 g/mol. The molecule has 0 aliphatic heterocycles. The van der Waals surface area contributed by atoms with E-state index in [0.717, 1.165) is 37.0 Å². The second kappa shape index (κ2) is 44.2. The maximum atomic E-state index is 2.50. The molecule has 0 aliphatic carbocycles. The monoisotopic (exact) mass is 1770 g/mol. The summed E-state index contributed by atoms with van der Waals surface area (Å²) in [6.07, 6.45) is 5.97. The van der Waals surface area contributed by atoms with Crippen LogP contribution in [0.5, 0.6) is 0 Å². The van der Waals surface area contributed by atoms with E-state index >= 15 is 0 Å². The molecule has 0 bridgehead atoms. The van der Waals surface area contributed by atoms with Crippen molar-refractivity contribution in [2.24, 2.45) is 0 Å². The SMILES string of the molecule is [Cu+2].c1ccc(P(Cc2ccccc2[SiH-](c2ccccc2CP(c2ccccc2)c2ccccc2)c2ccccc2CP(c2ccccc2)c2ccccc2)c2ccccc2)cc1.c1ccc(P(Cc2ccccc2[SiH-](c2ccccc2CP(c2ccccc2)c2ccccc2)c2ccccc2CP(c2ccccc2)c2ccccc2)c2ccccc2)cc1. The van der Waals surface area contributed by atoms with E-state index < -0.39 is 65.1 Å². The number of benzene rings is 18. The van der Waals surface area contributed by atoms with Crippen LogP contribution in [0, 0.1) is 0 Å². The minimum absolute atomic E-state index is 0. The fraction of sp³-hybridized carbons (Fsp3) is 0.0526. The summed E-state index contributed by atoms with van der Waals surface area (Å²) < 4.78 is 0. The fourth-order valence-corrected chi connectivity index (χ4v) is 39.5. The van der Waals surface area contributed by atoms with Crippen LogP contribution in [0.3, 0.4) is 0 Å². The summed E-state index contributed by atoms with van der Waals surface area (Å²) in [6.45, 7) is 0. The minimum Gasteiger partial charge on any atom is -0.175 e. The van der Waals surface area contributed by atoms with Crippen LogP contribution < -0.4 is 94.8 Å². The molecule has 0 amide bonds. The van der Waals surface area contributed by atoms with E-state index in [1.54, 1.807) is 0 Å². The van der Waals surface area contributed by atoms with Gasteiger partial charge in [-0.1, -0.05) is 561 Å². The molecule has 0 aliphatic rings. The maximum absolute atomic E-state index is 2.50. The van der Waals surface area contributed by atoms with E-state index in [1.807, 2.05) is 0 Å². The molecule has 0 nitrogen and oxygen atoms in total. The van der Waals surface area contributed by atoms with E-state index in [9.17, 15) is 0 Å². The summed E-state index contributed by atoms with van der Waals surface area (Å²) >= 11 is 0. The van der Waals surface area contributed by atoms with Gasteiger partial charge < -0.3 is 0 Å². The van der Waals surface area contributed by atoms with E-state index in [0.29, 0.717) is 0 Å². The van der Waals surface area contributed by atoms with Gasteiger partial charge in [0.25, 0.3) is 0 Å². The van der Waals surface area contributed by atoms with Crippen LogP contribution in [-0.4, -0.2) is 17.6 Å². The van der Waals surface area contributed by atoms with Crippen molar-refractivity contribution in [2.75, 3.05) is 0 Å². The van der Waals surface area contributed by atoms with Crippen molar-refractivity contribution >= 4 is 160 Å². The van der Waals surface area contributed by atoms with Gasteiger partial charge in [-0.2, -0.15) is 31.1 Å². The third-order valence-corrected chi connectivity index (χ3v) is 45.1. The van der Waals surface area contributed by atoms with Crippen LogP contribution in [0.15, 0.2) is 510 Å². The first-order valence-corrected chi connectivity index (χ1v) is 55.0. The van der Waals surface area contributed by atoms with E-state index in [-0.39, 0.29) is 17.1 Å². The second-order valence-electron chi connectivity index (χ2n) is 30.6. The minimum atomic E-state index is -2.14. The molecule has 9 heteroatoms. The Hall–Kier alpha value is -10.5. The largest absolute Gasteiger partial charge is 2.00 e. The predicted molar refractivity (Wildman–Crippen MR) is 547 cm³/mol. The quantitative estimate of drug-likeness (QED) is 0.0239. The standard InChI is InChI=1S/2C57H49P3Si.Cu/c2*1-7-28-49(29-8-1)58(50-30-9-2-10-31-50)43-46-25-19-22-40-55(46)61(56-41-23-20-26-47(56)44-59(51-32-11-3-12-33-51)52-34-13-4-14-35-52)57-42-24-21-27-48(57)45-60(53-36-15-5-16-37-53)54-38-17-6-18-39-54;/h2*1-42,61H,43-45H2;/q2*-1;+2. The average molecular weight is 1770 g/mol. The average Bonchev–Trinajstić information content (AvgIpc) is 0.769. The van der Waals surface area contributed by atoms with Crippen LogP contribution >= 0.6 is 47.5 Å². The molecule has 0 N–H and O–H groups in total. The smallest absolute Gasteiger partial charge is 0.175 e.